The maximum Gasteiger partial charge on any atom is 0.338 e. The van der Waals surface area contributed by atoms with E-state index in [4.69, 9.17) is 13.9 Å². The normalized spacial score (nSPS) is 15.7. The van der Waals surface area contributed by atoms with Gasteiger partial charge in [-0.1, -0.05) is 23.5 Å². The predicted molar refractivity (Wildman–Crippen MR) is 134 cm³/mol. The third-order valence-electron chi connectivity index (χ3n) is 5.29. The molecule has 0 amide bonds. The second-order valence-electron chi connectivity index (χ2n) is 7.78. The third kappa shape index (κ3) is 4.35. The number of thiazole rings is 1. The van der Waals surface area contributed by atoms with Crippen LogP contribution in [0.25, 0.3) is 6.08 Å². The standard InChI is InChI=1S/C24H24BrN3O5S/c1-6-32-23(30)19-13(2)26-24-28(20(19)14-8-7-9-15(10-14)31-5)21(29)18(34-24)12-16-11-17(25)22(33-16)27(3)4/h7-12,20H,6H2,1-5H3/b18-12+. The Morgan fingerprint density at radius 1 is 1.35 bits per heavy atom. The molecule has 1 aliphatic heterocycles. The maximum absolute atomic E-state index is 13.6. The van der Waals surface area contributed by atoms with Crippen molar-refractivity contribution in [3.8, 4) is 5.75 Å². The Bertz CT molecular complexity index is 1460. The number of rotatable bonds is 6. The molecule has 34 heavy (non-hydrogen) atoms. The van der Waals surface area contributed by atoms with Crippen molar-refractivity contribution in [3.05, 3.63) is 77.1 Å². The fraction of sp³-hybridized carbons (Fsp3) is 0.292. The molecule has 10 heteroatoms. The zero-order valence-corrected chi connectivity index (χ0v) is 21.8. The maximum atomic E-state index is 13.6. The highest BCUT2D eigenvalue weighted by atomic mass is 79.9. The van der Waals surface area contributed by atoms with E-state index in [9.17, 15) is 9.59 Å². The number of carbonyl (C=O) groups is 1. The summed E-state index contributed by atoms with van der Waals surface area (Å²) in [5.74, 6) is 1.29. The molecule has 3 heterocycles. The molecule has 1 atom stereocenters. The van der Waals surface area contributed by atoms with Crippen LogP contribution in [0.3, 0.4) is 0 Å². The molecular formula is C24H24BrN3O5S. The average Bonchev–Trinajstić information content (AvgIpc) is 3.32. The first-order valence-corrected chi connectivity index (χ1v) is 12.2. The lowest BCUT2D eigenvalue weighted by molar-refractivity contribution is -0.139. The van der Waals surface area contributed by atoms with Gasteiger partial charge < -0.3 is 18.8 Å². The van der Waals surface area contributed by atoms with Crippen LogP contribution in [0.2, 0.25) is 0 Å². The van der Waals surface area contributed by atoms with Crippen LogP contribution in [0.15, 0.2) is 60.3 Å². The Hall–Kier alpha value is -3.11. The second-order valence-corrected chi connectivity index (χ2v) is 9.64. The van der Waals surface area contributed by atoms with Crippen LogP contribution in [-0.4, -0.2) is 38.3 Å². The number of furan rings is 1. The summed E-state index contributed by atoms with van der Waals surface area (Å²) in [6.45, 7) is 3.71. The number of halogens is 1. The summed E-state index contributed by atoms with van der Waals surface area (Å²) in [5.41, 5.74) is 1.28. The van der Waals surface area contributed by atoms with Gasteiger partial charge in [0.2, 0.25) is 5.88 Å². The number of methoxy groups -OCH3 is 1. The van der Waals surface area contributed by atoms with Crippen molar-refractivity contribution >= 4 is 45.2 Å². The van der Waals surface area contributed by atoms with Gasteiger partial charge in [-0.25, -0.2) is 9.79 Å². The molecule has 2 aromatic heterocycles. The van der Waals surface area contributed by atoms with Gasteiger partial charge in [-0.2, -0.15) is 0 Å². The molecule has 0 spiro atoms. The molecule has 0 radical (unpaired) electrons. The van der Waals surface area contributed by atoms with E-state index in [0.717, 1.165) is 10.0 Å². The SMILES string of the molecule is CCOC(=O)C1=C(C)N=c2s/c(=C/c3cc(Br)c(N(C)C)o3)c(=O)n2C1c1cccc(OC)c1. The Labute approximate surface area is 208 Å². The van der Waals surface area contributed by atoms with Crippen LogP contribution in [0.1, 0.15) is 31.2 Å². The molecule has 178 valence electrons. The zero-order valence-electron chi connectivity index (χ0n) is 19.4. The lowest BCUT2D eigenvalue weighted by Gasteiger charge is -2.24. The van der Waals surface area contributed by atoms with Crippen molar-refractivity contribution in [2.45, 2.75) is 19.9 Å². The molecule has 0 bridgehead atoms. The first-order valence-electron chi connectivity index (χ1n) is 10.6. The van der Waals surface area contributed by atoms with Crippen molar-refractivity contribution in [2.75, 3.05) is 32.7 Å². The number of allylic oxidation sites excluding steroid dienone is 1. The summed E-state index contributed by atoms with van der Waals surface area (Å²) in [6.07, 6.45) is 1.69. The highest BCUT2D eigenvalue weighted by molar-refractivity contribution is 9.10. The van der Waals surface area contributed by atoms with E-state index in [1.807, 2.05) is 49.3 Å². The molecule has 0 aliphatic carbocycles. The number of fused-ring (bicyclic) bond motifs is 1. The lowest BCUT2D eigenvalue weighted by Crippen LogP contribution is -2.39. The Kier molecular flexibility index (Phi) is 6.81. The minimum Gasteiger partial charge on any atom is -0.497 e. The minimum absolute atomic E-state index is 0.215. The molecule has 1 aromatic carbocycles. The van der Waals surface area contributed by atoms with Crippen molar-refractivity contribution in [1.82, 2.24) is 4.57 Å². The van der Waals surface area contributed by atoms with Crippen molar-refractivity contribution in [3.63, 3.8) is 0 Å². The molecule has 4 rings (SSSR count). The highest BCUT2D eigenvalue weighted by Crippen LogP contribution is 2.32. The zero-order chi connectivity index (χ0) is 24.6. The van der Waals surface area contributed by atoms with E-state index in [0.29, 0.717) is 38.0 Å². The quantitative estimate of drug-likeness (QED) is 0.442. The molecular weight excluding hydrogens is 522 g/mol. The van der Waals surface area contributed by atoms with E-state index >= 15 is 0 Å². The van der Waals surface area contributed by atoms with E-state index in [-0.39, 0.29) is 12.2 Å². The topological polar surface area (TPSA) is 86.3 Å². The number of aromatic nitrogens is 1. The highest BCUT2D eigenvalue weighted by Gasteiger charge is 2.33. The summed E-state index contributed by atoms with van der Waals surface area (Å²) in [7, 11) is 5.31. The Morgan fingerprint density at radius 3 is 2.76 bits per heavy atom. The van der Waals surface area contributed by atoms with Crippen LogP contribution in [0.4, 0.5) is 5.88 Å². The van der Waals surface area contributed by atoms with Gasteiger partial charge in [0.25, 0.3) is 5.56 Å². The van der Waals surface area contributed by atoms with Gasteiger partial charge in [-0.05, 0) is 47.5 Å². The van der Waals surface area contributed by atoms with Gasteiger partial charge in [0.15, 0.2) is 4.80 Å². The number of benzene rings is 1. The van der Waals surface area contributed by atoms with Gasteiger partial charge in [0.1, 0.15) is 11.5 Å². The van der Waals surface area contributed by atoms with Crippen molar-refractivity contribution in [2.24, 2.45) is 4.99 Å². The molecule has 3 aromatic rings. The number of esters is 1. The molecule has 0 saturated heterocycles. The van der Waals surface area contributed by atoms with Crippen LogP contribution in [0.5, 0.6) is 5.75 Å². The summed E-state index contributed by atoms with van der Waals surface area (Å²) >= 11 is 4.72. The van der Waals surface area contributed by atoms with Gasteiger partial charge in [-0.3, -0.25) is 9.36 Å². The third-order valence-corrected chi connectivity index (χ3v) is 6.84. The van der Waals surface area contributed by atoms with E-state index in [2.05, 4.69) is 20.9 Å². The van der Waals surface area contributed by atoms with Gasteiger partial charge in [0.05, 0.1) is 40.0 Å². The molecule has 8 nitrogen and oxygen atoms in total. The number of anilines is 1. The first-order chi connectivity index (χ1) is 16.2. The smallest absolute Gasteiger partial charge is 0.338 e. The van der Waals surface area contributed by atoms with Crippen molar-refractivity contribution in [1.29, 1.82) is 0 Å². The molecule has 0 N–H and O–H groups in total. The first kappa shape index (κ1) is 24.0. The summed E-state index contributed by atoms with van der Waals surface area (Å²) in [6, 6.07) is 8.41. The van der Waals surface area contributed by atoms with E-state index < -0.39 is 12.0 Å². The number of carbonyl (C=O) groups excluding carboxylic acids is 1. The van der Waals surface area contributed by atoms with E-state index in [1.54, 1.807) is 27.0 Å². The summed E-state index contributed by atoms with van der Waals surface area (Å²) < 4.78 is 19.3. The Balaban J connectivity index is 1.94. The second kappa shape index (κ2) is 9.63. The number of ether oxygens (including phenoxy) is 2. The molecule has 0 saturated carbocycles. The fourth-order valence-electron chi connectivity index (χ4n) is 3.80. The molecule has 1 aliphatic rings. The largest absolute Gasteiger partial charge is 0.497 e. The van der Waals surface area contributed by atoms with Crippen molar-refractivity contribution < 1.29 is 18.7 Å². The van der Waals surface area contributed by atoms with Gasteiger partial charge in [-0.15, -0.1) is 0 Å². The van der Waals surface area contributed by atoms with E-state index in [1.165, 1.54) is 15.9 Å². The van der Waals surface area contributed by atoms with Gasteiger partial charge in [0, 0.05) is 26.2 Å². The monoisotopic (exact) mass is 545 g/mol. The number of hydrogen-bond acceptors (Lipinski definition) is 8. The molecule has 1 unspecified atom stereocenters. The summed E-state index contributed by atoms with van der Waals surface area (Å²) in [5, 5.41) is 0. The van der Waals surface area contributed by atoms with Crippen LogP contribution in [-0.2, 0) is 9.53 Å². The summed E-state index contributed by atoms with van der Waals surface area (Å²) in [4.78, 5) is 33.5. The minimum atomic E-state index is -0.701. The van der Waals surface area contributed by atoms with Crippen LogP contribution in [0, 0.1) is 0 Å². The Morgan fingerprint density at radius 2 is 2.12 bits per heavy atom. The van der Waals surface area contributed by atoms with Crippen LogP contribution >= 0.6 is 27.3 Å². The lowest BCUT2D eigenvalue weighted by atomic mass is 9.95. The van der Waals surface area contributed by atoms with Crippen LogP contribution < -0.4 is 24.5 Å². The number of nitrogens with zero attached hydrogens (tertiary/aromatic N) is 3. The van der Waals surface area contributed by atoms with Gasteiger partial charge >= 0.3 is 5.97 Å². The predicted octanol–water partition coefficient (Wildman–Crippen LogP) is 3.23. The molecule has 0 fully saturated rings. The number of hydrogen-bond donors (Lipinski definition) is 0. The average molecular weight is 546 g/mol. The fourth-order valence-corrected chi connectivity index (χ4v) is 5.49.